The van der Waals surface area contributed by atoms with Crippen molar-refractivity contribution >= 4 is 5.57 Å². The molecule has 0 unspecified atom stereocenters. The summed E-state index contributed by atoms with van der Waals surface area (Å²) in [5.74, 6) is 0.260. The molecular weight excluding hydrogens is 152 g/mol. The molecule has 0 saturated carbocycles. The van der Waals surface area contributed by atoms with Crippen molar-refractivity contribution in [2.75, 3.05) is 6.61 Å². The summed E-state index contributed by atoms with van der Waals surface area (Å²) in [5, 5.41) is 17.6. The fourth-order valence-electron chi connectivity index (χ4n) is 0.979. The third-order valence-corrected chi connectivity index (χ3v) is 1.72. The summed E-state index contributed by atoms with van der Waals surface area (Å²) in [5.41, 5.74) is 2.03. The van der Waals surface area contributed by atoms with Gasteiger partial charge in [-0.05, 0) is 30.2 Å². The number of phenolic OH excluding ortho intramolecular Hbond substituents is 1. The van der Waals surface area contributed by atoms with Crippen LogP contribution in [0, 0.1) is 0 Å². The summed E-state index contributed by atoms with van der Waals surface area (Å²) >= 11 is 0. The minimum absolute atomic E-state index is 0.0483. The van der Waals surface area contributed by atoms with Crippen LogP contribution in [0.3, 0.4) is 0 Å². The highest BCUT2D eigenvalue weighted by molar-refractivity contribution is 5.64. The average molecular weight is 164 g/mol. The number of phenols is 1. The van der Waals surface area contributed by atoms with E-state index in [4.69, 9.17) is 10.2 Å². The summed E-state index contributed by atoms with van der Waals surface area (Å²) in [7, 11) is 0. The molecule has 0 bridgehead atoms. The molecule has 0 atom stereocenters. The van der Waals surface area contributed by atoms with Gasteiger partial charge in [-0.15, -0.1) is 0 Å². The molecule has 1 aromatic rings. The number of hydrogen-bond acceptors (Lipinski definition) is 2. The number of rotatable bonds is 2. The largest absolute Gasteiger partial charge is 0.508 e. The molecule has 2 nitrogen and oxygen atoms in total. The number of aromatic hydroxyl groups is 1. The molecule has 0 heterocycles. The first-order chi connectivity index (χ1) is 5.74. The number of allylic oxidation sites excluding steroid dienone is 1. The summed E-state index contributed by atoms with van der Waals surface area (Å²) in [6, 6.07) is 6.89. The maximum Gasteiger partial charge on any atom is 0.115 e. The fraction of sp³-hybridized carbons (Fsp3) is 0.200. The Hall–Kier alpha value is -1.28. The SMILES string of the molecule is C/C(=C\CO)c1ccc(O)cc1. The molecule has 0 amide bonds. The first-order valence-corrected chi connectivity index (χ1v) is 3.81. The molecule has 0 fully saturated rings. The summed E-state index contributed by atoms with van der Waals surface area (Å²) in [6.07, 6.45) is 1.73. The smallest absolute Gasteiger partial charge is 0.115 e. The minimum Gasteiger partial charge on any atom is -0.508 e. The van der Waals surface area contributed by atoms with E-state index in [2.05, 4.69) is 0 Å². The molecule has 1 rings (SSSR count). The van der Waals surface area contributed by atoms with Gasteiger partial charge in [0.25, 0.3) is 0 Å². The van der Waals surface area contributed by atoms with Crippen molar-refractivity contribution in [3.05, 3.63) is 35.9 Å². The lowest BCUT2D eigenvalue weighted by Crippen LogP contribution is -1.81. The van der Waals surface area contributed by atoms with Crippen molar-refractivity contribution in [3.8, 4) is 5.75 Å². The Labute approximate surface area is 71.8 Å². The first kappa shape index (κ1) is 8.81. The van der Waals surface area contributed by atoms with E-state index < -0.39 is 0 Å². The van der Waals surface area contributed by atoms with Crippen molar-refractivity contribution in [3.63, 3.8) is 0 Å². The molecule has 64 valence electrons. The van der Waals surface area contributed by atoms with Crippen LogP contribution in [-0.2, 0) is 0 Å². The highest BCUT2D eigenvalue weighted by Crippen LogP contribution is 2.16. The summed E-state index contributed by atoms with van der Waals surface area (Å²) in [6.45, 7) is 1.97. The van der Waals surface area contributed by atoms with Crippen LogP contribution in [0.15, 0.2) is 30.3 Å². The van der Waals surface area contributed by atoms with E-state index in [1.807, 2.05) is 19.1 Å². The van der Waals surface area contributed by atoms with Gasteiger partial charge >= 0.3 is 0 Å². The van der Waals surface area contributed by atoms with Gasteiger partial charge in [-0.2, -0.15) is 0 Å². The zero-order valence-corrected chi connectivity index (χ0v) is 6.99. The number of aliphatic hydroxyl groups is 1. The monoisotopic (exact) mass is 164 g/mol. The minimum atomic E-state index is 0.0483. The zero-order chi connectivity index (χ0) is 8.97. The first-order valence-electron chi connectivity index (χ1n) is 3.81. The van der Waals surface area contributed by atoms with Crippen molar-refractivity contribution in [2.24, 2.45) is 0 Å². The lowest BCUT2D eigenvalue weighted by molar-refractivity contribution is 0.343. The van der Waals surface area contributed by atoms with Gasteiger partial charge in [0.2, 0.25) is 0 Å². The van der Waals surface area contributed by atoms with E-state index >= 15 is 0 Å². The molecule has 0 saturated heterocycles. The van der Waals surface area contributed by atoms with E-state index in [0.717, 1.165) is 11.1 Å². The predicted octanol–water partition coefficient (Wildman–Crippen LogP) is 1.79. The number of aliphatic hydroxyl groups excluding tert-OH is 1. The van der Waals surface area contributed by atoms with Gasteiger partial charge in [0.05, 0.1) is 6.61 Å². The Balaban J connectivity index is 2.89. The molecule has 2 heteroatoms. The molecule has 1 aromatic carbocycles. The normalized spacial score (nSPS) is 11.7. The third-order valence-electron chi connectivity index (χ3n) is 1.72. The van der Waals surface area contributed by atoms with Gasteiger partial charge < -0.3 is 10.2 Å². The molecular formula is C10H12O2. The zero-order valence-electron chi connectivity index (χ0n) is 6.99. The van der Waals surface area contributed by atoms with E-state index in [1.165, 1.54) is 0 Å². The highest BCUT2D eigenvalue weighted by atomic mass is 16.3. The molecule has 0 aliphatic carbocycles. The number of benzene rings is 1. The Morgan fingerprint density at radius 1 is 1.33 bits per heavy atom. The van der Waals surface area contributed by atoms with Crippen molar-refractivity contribution in [1.29, 1.82) is 0 Å². The lowest BCUT2D eigenvalue weighted by Gasteiger charge is -2.00. The second-order valence-electron chi connectivity index (χ2n) is 2.62. The average Bonchev–Trinajstić information content (AvgIpc) is 2.06. The predicted molar refractivity (Wildman–Crippen MR) is 48.8 cm³/mol. The summed E-state index contributed by atoms with van der Waals surface area (Å²) in [4.78, 5) is 0. The topological polar surface area (TPSA) is 40.5 Å². The maximum absolute atomic E-state index is 9.00. The van der Waals surface area contributed by atoms with Crippen LogP contribution in [0.4, 0.5) is 0 Å². The van der Waals surface area contributed by atoms with Crippen molar-refractivity contribution in [1.82, 2.24) is 0 Å². The van der Waals surface area contributed by atoms with Crippen LogP contribution in [0.5, 0.6) is 5.75 Å². The van der Waals surface area contributed by atoms with Crippen LogP contribution in [0.25, 0.3) is 5.57 Å². The van der Waals surface area contributed by atoms with Gasteiger partial charge in [-0.3, -0.25) is 0 Å². The van der Waals surface area contributed by atoms with Crippen LogP contribution in [0.2, 0.25) is 0 Å². The van der Waals surface area contributed by atoms with Crippen molar-refractivity contribution in [2.45, 2.75) is 6.92 Å². The Morgan fingerprint density at radius 2 is 1.92 bits per heavy atom. The maximum atomic E-state index is 9.00. The van der Waals surface area contributed by atoms with E-state index in [-0.39, 0.29) is 12.4 Å². The van der Waals surface area contributed by atoms with Gasteiger partial charge in [0.1, 0.15) is 5.75 Å². The lowest BCUT2D eigenvalue weighted by atomic mass is 10.1. The Bertz CT molecular complexity index is 272. The molecule has 0 aromatic heterocycles. The number of hydrogen-bond donors (Lipinski definition) is 2. The fourth-order valence-corrected chi connectivity index (χ4v) is 0.979. The molecule has 12 heavy (non-hydrogen) atoms. The Kier molecular flexibility index (Phi) is 2.88. The highest BCUT2D eigenvalue weighted by Gasteiger charge is 1.93. The van der Waals surface area contributed by atoms with Gasteiger partial charge in [0.15, 0.2) is 0 Å². The van der Waals surface area contributed by atoms with Gasteiger partial charge in [0, 0.05) is 0 Å². The molecule has 0 spiro atoms. The standard InChI is InChI=1S/C10H12O2/c1-8(6-7-11)9-2-4-10(12)5-3-9/h2-6,11-12H,7H2,1H3/b8-6+. The Morgan fingerprint density at radius 3 is 2.42 bits per heavy atom. The van der Waals surface area contributed by atoms with Crippen LogP contribution in [-0.4, -0.2) is 16.8 Å². The quantitative estimate of drug-likeness (QED) is 0.699. The second kappa shape index (κ2) is 3.93. The molecule has 2 N–H and O–H groups in total. The molecule has 0 aliphatic rings. The second-order valence-corrected chi connectivity index (χ2v) is 2.62. The van der Waals surface area contributed by atoms with Crippen LogP contribution < -0.4 is 0 Å². The van der Waals surface area contributed by atoms with Gasteiger partial charge in [-0.25, -0.2) is 0 Å². The molecule has 0 aliphatic heterocycles. The van der Waals surface area contributed by atoms with Crippen LogP contribution >= 0.6 is 0 Å². The van der Waals surface area contributed by atoms with Crippen LogP contribution in [0.1, 0.15) is 12.5 Å². The van der Waals surface area contributed by atoms with E-state index in [1.54, 1.807) is 18.2 Å². The van der Waals surface area contributed by atoms with E-state index in [9.17, 15) is 0 Å². The van der Waals surface area contributed by atoms with Gasteiger partial charge in [-0.1, -0.05) is 18.2 Å². The van der Waals surface area contributed by atoms with E-state index in [0.29, 0.717) is 0 Å². The van der Waals surface area contributed by atoms with Crippen molar-refractivity contribution < 1.29 is 10.2 Å². The third kappa shape index (κ3) is 2.10. The molecule has 0 radical (unpaired) electrons. The summed E-state index contributed by atoms with van der Waals surface area (Å²) < 4.78 is 0.